The van der Waals surface area contributed by atoms with Gasteiger partial charge in [0.1, 0.15) is 0 Å². The van der Waals surface area contributed by atoms with E-state index in [9.17, 15) is 9.59 Å². The molecule has 6 nitrogen and oxygen atoms in total. The fourth-order valence-electron chi connectivity index (χ4n) is 3.81. The number of hydrogen-bond donors (Lipinski definition) is 3. The summed E-state index contributed by atoms with van der Waals surface area (Å²) >= 11 is 0. The fraction of sp³-hybridized carbons (Fsp3) is 0.0385. The maximum Gasteiger partial charge on any atom is 0.270 e. The fourth-order valence-corrected chi connectivity index (χ4v) is 3.81. The molecule has 0 aliphatic rings. The average molecular weight is 420 g/mol. The Morgan fingerprint density at radius 1 is 0.812 bits per heavy atom. The summed E-state index contributed by atoms with van der Waals surface area (Å²) < 4.78 is 0. The van der Waals surface area contributed by atoms with E-state index in [0.717, 1.165) is 27.4 Å². The molecule has 0 aliphatic heterocycles. The van der Waals surface area contributed by atoms with Crippen molar-refractivity contribution in [2.24, 2.45) is 0 Å². The van der Waals surface area contributed by atoms with Gasteiger partial charge in [-0.1, -0.05) is 66.7 Å². The summed E-state index contributed by atoms with van der Waals surface area (Å²) in [5.74, 6) is -0.696. The van der Waals surface area contributed by atoms with Gasteiger partial charge >= 0.3 is 0 Å². The van der Waals surface area contributed by atoms with E-state index in [4.69, 9.17) is 4.98 Å². The molecule has 5 aromatic rings. The van der Waals surface area contributed by atoms with E-state index in [1.54, 1.807) is 6.07 Å². The normalized spacial score (nSPS) is 10.9. The molecule has 0 spiro atoms. The third kappa shape index (κ3) is 3.81. The van der Waals surface area contributed by atoms with E-state index >= 15 is 0 Å². The van der Waals surface area contributed by atoms with Gasteiger partial charge in [-0.2, -0.15) is 0 Å². The average Bonchev–Trinajstić information content (AvgIpc) is 3.25. The first-order valence-corrected chi connectivity index (χ1v) is 10.3. The van der Waals surface area contributed by atoms with Crippen LogP contribution in [0.5, 0.6) is 0 Å². The van der Waals surface area contributed by atoms with Crippen molar-refractivity contribution >= 4 is 33.6 Å². The number of para-hydroxylation sites is 2. The number of pyridine rings is 1. The Morgan fingerprint density at radius 3 is 2.38 bits per heavy atom. The van der Waals surface area contributed by atoms with Gasteiger partial charge in [0, 0.05) is 28.0 Å². The Balaban J connectivity index is 1.37. The highest BCUT2D eigenvalue weighted by Gasteiger charge is 2.15. The Morgan fingerprint density at radius 2 is 1.53 bits per heavy atom. The summed E-state index contributed by atoms with van der Waals surface area (Å²) in [5, 5.41) is 1.71. The lowest BCUT2D eigenvalue weighted by Gasteiger charge is -2.11. The Labute approximate surface area is 184 Å². The lowest BCUT2D eigenvalue weighted by atomic mass is 10.0. The zero-order valence-corrected chi connectivity index (χ0v) is 17.1. The van der Waals surface area contributed by atoms with E-state index in [-0.39, 0.29) is 12.3 Å². The van der Waals surface area contributed by atoms with Crippen LogP contribution in [0.3, 0.4) is 0 Å². The smallest absolute Gasteiger partial charge is 0.270 e. The Hall–Kier alpha value is -4.45. The molecule has 156 valence electrons. The molecule has 3 aromatic carbocycles. The number of hydrogen-bond acceptors (Lipinski definition) is 3. The Kier molecular flexibility index (Phi) is 5.09. The van der Waals surface area contributed by atoms with Crippen LogP contribution in [0, 0.1) is 0 Å². The van der Waals surface area contributed by atoms with Crippen LogP contribution in [-0.4, -0.2) is 21.8 Å². The van der Waals surface area contributed by atoms with Gasteiger partial charge in [-0.3, -0.25) is 20.4 Å². The maximum atomic E-state index is 13.0. The van der Waals surface area contributed by atoms with Crippen LogP contribution in [0.4, 0.5) is 0 Å². The molecular formula is C26H20N4O2. The molecule has 0 aliphatic carbocycles. The van der Waals surface area contributed by atoms with E-state index < -0.39 is 5.91 Å². The SMILES string of the molecule is O=C(Cc1c[nH]c2ccccc12)NNC(=O)c1cc(-c2ccccc2)nc2ccccc12. The zero-order chi connectivity index (χ0) is 21.9. The van der Waals surface area contributed by atoms with Crippen LogP contribution in [0.1, 0.15) is 15.9 Å². The van der Waals surface area contributed by atoms with Crippen molar-refractivity contribution in [3.63, 3.8) is 0 Å². The molecule has 3 N–H and O–H groups in total. The third-order valence-electron chi connectivity index (χ3n) is 5.37. The standard InChI is InChI=1S/C26H20N4O2/c31-25(14-18-16-27-22-12-6-4-10-19(18)22)29-30-26(32)21-15-24(17-8-2-1-3-9-17)28-23-13-7-5-11-20(21)23/h1-13,15-16,27H,14H2,(H,29,31)(H,30,32). The van der Waals surface area contributed by atoms with Gasteiger partial charge < -0.3 is 4.98 Å². The molecule has 2 heterocycles. The highest BCUT2D eigenvalue weighted by Crippen LogP contribution is 2.24. The van der Waals surface area contributed by atoms with Crippen LogP contribution < -0.4 is 10.9 Å². The number of amides is 2. The van der Waals surface area contributed by atoms with Crippen LogP contribution >= 0.6 is 0 Å². The second-order valence-electron chi connectivity index (χ2n) is 7.48. The number of benzene rings is 3. The number of nitrogens with zero attached hydrogens (tertiary/aromatic N) is 1. The Bertz CT molecular complexity index is 1440. The van der Waals surface area contributed by atoms with Crippen LogP contribution in [0.2, 0.25) is 0 Å². The van der Waals surface area contributed by atoms with Crippen molar-refractivity contribution in [2.45, 2.75) is 6.42 Å². The predicted octanol–water partition coefficient (Wildman–Crippen LogP) is 4.39. The summed E-state index contributed by atoms with van der Waals surface area (Å²) in [5.41, 5.74) is 9.69. The molecular weight excluding hydrogens is 400 g/mol. The van der Waals surface area contributed by atoms with Gasteiger partial charge in [0.25, 0.3) is 5.91 Å². The number of fused-ring (bicyclic) bond motifs is 2. The predicted molar refractivity (Wildman–Crippen MR) is 125 cm³/mol. The van der Waals surface area contributed by atoms with E-state index in [2.05, 4.69) is 15.8 Å². The van der Waals surface area contributed by atoms with Crippen LogP contribution in [-0.2, 0) is 11.2 Å². The monoisotopic (exact) mass is 420 g/mol. The number of hydrazine groups is 1. The highest BCUT2D eigenvalue weighted by atomic mass is 16.2. The minimum atomic E-state index is -0.395. The first-order chi connectivity index (χ1) is 15.7. The number of aromatic amines is 1. The summed E-state index contributed by atoms with van der Waals surface area (Å²) in [6.45, 7) is 0. The zero-order valence-electron chi connectivity index (χ0n) is 17.1. The molecule has 5 rings (SSSR count). The van der Waals surface area contributed by atoms with Gasteiger partial charge in [-0.15, -0.1) is 0 Å². The van der Waals surface area contributed by atoms with E-state index in [1.165, 1.54) is 0 Å². The molecule has 0 saturated heterocycles. The number of aromatic nitrogens is 2. The lowest BCUT2D eigenvalue weighted by Crippen LogP contribution is -2.42. The maximum absolute atomic E-state index is 13.0. The van der Waals surface area contributed by atoms with Crippen molar-refractivity contribution in [1.29, 1.82) is 0 Å². The van der Waals surface area contributed by atoms with Crippen molar-refractivity contribution in [2.75, 3.05) is 0 Å². The highest BCUT2D eigenvalue weighted by molar-refractivity contribution is 6.07. The van der Waals surface area contributed by atoms with Gasteiger partial charge in [-0.25, -0.2) is 4.98 Å². The first-order valence-electron chi connectivity index (χ1n) is 10.3. The molecule has 0 fully saturated rings. The first kappa shape index (κ1) is 19.5. The van der Waals surface area contributed by atoms with E-state index in [0.29, 0.717) is 16.8 Å². The molecule has 0 saturated carbocycles. The third-order valence-corrected chi connectivity index (χ3v) is 5.37. The van der Waals surface area contributed by atoms with Gasteiger partial charge in [0.2, 0.25) is 5.91 Å². The van der Waals surface area contributed by atoms with Crippen molar-refractivity contribution in [3.05, 3.63) is 102 Å². The topological polar surface area (TPSA) is 86.9 Å². The van der Waals surface area contributed by atoms with Gasteiger partial charge in [-0.05, 0) is 23.8 Å². The summed E-state index contributed by atoms with van der Waals surface area (Å²) in [4.78, 5) is 33.3. The number of nitrogens with one attached hydrogen (secondary N) is 3. The van der Waals surface area contributed by atoms with Crippen molar-refractivity contribution in [1.82, 2.24) is 20.8 Å². The quantitative estimate of drug-likeness (QED) is 0.377. The van der Waals surface area contributed by atoms with Gasteiger partial charge in [0.05, 0.1) is 23.2 Å². The number of H-pyrrole nitrogens is 1. The molecule has 0 unspecified atom stereocenters. The molecule has 32 heavy (non-hydrogen) atoms. The minimum Gasteiger partial charge on any atom is -0.361 e. The van der Waals surface area contributed by atoms with Crippen molar-refractivity contribution < 1.29 is 9.59 Å². The van der Waals surface area contributed by atoms with E-state index in [1.807, 2.05) is 85.1 Å². The molecule has 0 bridgehead atoms. The van der Waals surface area contributed by atoms with Crippen LogP contribution in [0.15, 0.2) is 91.1 Å². The second-order valence-corrected chi connectivity index (χ2v) is 7.48. The van der Waals surface area contributed by atoms with Crippen molar-refractivity contribution in [3.8, 4) is 11.3 Å². The molecule has 6 heteroatoms. The molecule has 2 amide bonds. The summed E-state index contributed by atoms with van der Waals surface area (Å²) in [7, 11) is 0. The van der Waals surface area contributed by atoms with Crippen LogP contribution in [0.25, 0.3) is 33.1 Å². The second kappa shape index (κ2) is 8.35. The lowest BCUT2D eigenvalue weighted by molar-refractivity contribution is -0.121. The molecule has 0 atom stereocenters. The van der Waals surface area contributed by atoms with Gasteiger partial charge in [0.15, 0.2) is 0 Å². The summed E-state index contributed by atoms with van der Waals surface area (Å²) in [6, 6.07) is 26.7. The number of rotatable bonds is 4. The summed E-state index contributed by atoms with van der Waals surface area (Å²) in [6.07, 6.45) is 1.96. The minimum absolute atomic E-state index is 0.149. The molecule has 2 aromatic heterocycles. The molecule has 0 radical (unpaired) electrons. The number of carbonyl (C=O) groups excluding carboxylic acids is 2. The largest absolute Gasteiger partial charge is 0.361 e. The number of carbonyl (C=O) groups is 2.